The maximum atomic E-state index is 13.9. The Labute approximate surface area is 212 Å². The number of benzene rings is 2. The highest BCUT2D eigenvalue weighted by molar-refractivity contribution is 6.53. The largest absolute Gasteiger partial charge is 0.507 e. The summed E-state index contributed by atoms with van der Waals surface area (Å²) >= 11 is 0. The van der Waals surface area contributed by atoms with Gasteiger partial charge >= 0.3 is 7.12 Å². The fourth-order valence-corrected chi connectivity index (χ4v) is 7.46. The highest BCUT2D eigenvalue weighted by Gasteiger charge is 2.58. The Balaban J connectivity index is 1.40. The summed E-state index contributed by atoms with van der Waals surface area (Å²) in [6, 6.07) is 11.2. The van der Waals surface area contributed by atoms with Gasteiger partial charge in [0.25, 0.3) is 0 Å². The van der Waals surface area contributed by atoms with Crippen LogP contribution in [0.3, 0.4) is 0 Å². The number of likely N-dealkylation sites (tertiary alicyclic amines) is 1. The van der Waals surface area contributed by atoms with E-state index in [-0.39, 0.29) is 35.4 Å². The molecule has 2 N–H and O–H groups in total. The summed E-state index contributed by atoms with van der Waals surface area (Å²) in [5, 5.41) is 23.3. The molecule has 0 unspecified atom stereocenters. The van der Waals surface area contributed by atoms with Gasteiger partial charge < -0.3 is 14.8 Å². The first-order valence-corrected chi connectivity index (χ1v) is 13.6. The van der Waals surface area contributed by atoms with Crippen LogP contribution in [0.25, 0.3) is 10.8 Å². The van der Waals surface area contributed by atoms with E-state index in [0.29, 0.717) is 12.8 Å². The van der Waals surface area contributed by atoms with Crippen LogP contribution < -0.4 is 0 Å². The van der Waals surface area contributed by atoms with Crippen LogP contribution in [-0.2, 0) is 14.2 Å². The number of imide groups is 1. The first-order chi connectivity index (χ1) is 17.5. The molecule has 2 aromatic carbocycles. The number of carbonyl (C=O) groups excluding carboxylic acids is 2. The average molecular weight is 487 g/mol. The number of amides is 2. The summed E-state index contributed by atoms with van der Waals surface area (Å²) in [5.74, 6) is -0.835. The van der Waals surface area contributed by atoms with Crippen LogP contribution in [0.15, 0.2) is 47.4 Å². The van der Waals surface area contributed by atoms with E-state index in [1.54, 1.807) is 11.0 Å². The van der Waals surface area contributed by atoms with Gasteiger partial charge in [-0.25, -0.2) is 0 Å². The van der Waals surface area contributed by atoms with Crippen molar-refractivity contribution in [2.45, 2.75) is 76.9 Å². The zero-order chi connectivity index (χ0) is 25.0. The monoisotopic (exact) mass is 487 g/mol. The zero-order valence-electron chi connectivity index (χ0n) is 20.9. The SMILES string of the molecule is CCCC1=C2B(O)O[C@H](c3ccc(O)c4ccccc34)C[C@H]2[C@H]2C(=O)N(C3CCCCC3)C(=O)[C@H]2C1. The normalized spacial score (nSPS) is 29.2. The molecule has 2 aliphatic carbocycles. The fourth-order valence-electron chi connectivity index (χ4n) is 7.46. The lowest BCUT2D eigenvalue weighted by Gasteiger charge is -2.42. The number of carbonyl (C=O) groups is 2. The molecule has 6 rings (SSSR count). The quantitative estimate of drug-likeness (QED) is 0.464. The van der Waals surface area contributed by atoms with E-state index in [9.17, 15) is 19.7 Å². The highest BCUT2D eigenvalue weighted by Crippen LogP contribution is 2.53. The summed E-state index contributed by atoms with van der Waals surface area (Å²) in [7, 11) is -1.10. The van der Waals surface area contributed by atoms with Gasteiger partial charge in [-0.3, -0.25) is 14.5 Å². The second-order valence-electron chi connectivity index (χ2n) is 11.0. The lowest BCUT2D eigenvalue weighted by atomic mass is 9.54. The minimum Gasteiger partial charge on any atom is -0.507 e. The predicted octanol–water partition coefficient (Wildman–Crippen LogP) is 5.08. The number of nitrogens with zero attached hydrogens (tertiary/aromatic N) is 1. The molecule has 3 fully saturated rings. The molecule has 0 radical (unpaired) electrons. The Bertz CT molecular complexity index is 1240. The third kappa shape index (κ3) is 3.70. The van der Waals surface area contributed by atoms with Crippen LogP contribution >= 0.6 is 0 Å². The molecule has 2 heterocycles. The number of rotatable bonds is 4. The lowest BCUT2D eigenvalue weighted by Crippen LogP contribution is -2.45. The van der Waals surface area contributed by atoms with Crippen molar-refractivity contribution < 1.29 is 24.4 Å². The summed E-state index contributed by atoms with van der Waals surface area (Å²) in [5.41, 5.74) is 2.82. The van der Waals surface area contributed by atoms with Crippen molar-refractivity contribution in [2.75, 3.05) is 0 Å². The molecule has 2 aromatic rings. The number of fused-ring (bicyclic) bond motifs is 4. The summed E-state index contributed by atoms with van der Waals surface area (Å²) in [6.07, 6.45) is 7.45. The van der Waals surface area contributed by atoms with Gasteiger partial charge in [0, 0.05) is 11.4 Å². The molecule has 4 atom stereocenters. The van der Waals surface area contributed by atoms with Gasteiger partial charge in [0.1, 0.15) is 5.75 Å². The minimum atomic E-state index is -1.10. The molecule has 188 valence electrons. The molecule has 4 aliphatic rings. The second kappa shape index (κ2) is 9.35. The molecular weight excluding hydrogens is 453 g/mol. The van der Waals surface area contributed by atoms with E-state index >= 15 is 0 Å². The van der Waals surface area contributed by atoms with Crippen molar-refractivity contribution in [1.82, 2.24) is 4.90 Å². The first kappa shape index (κ1) is 23.7. The van der Waals surface area contributed by atoms with E-state index < -0.39 is 19.1 Å². The molecule has 0 spiro atoms. The van der Waals surface area contributed by atoms with Crippen LogP contribution in [-0.4, -0.2) is 40.0 Å². The van der Waals surface area contributed by atoms with Gasteiger partial charge in [0.2, 0.25) is 11.8 Å². The Morgan fingerprint density at radius 3 is 2.50 bits per heavy atom. The van der Waals surface area contributed by atoms with Crippen LogP contribution in [0.1, 0.15) is 76.4 Å². The number of phenolic OH excluding ortho intramolecular Hbond substituents is 1. The van der Waals surface area contributed by atoms with Crippen molar-refractivity contribution >= 4 is 29.7 Å². The van der Waals surface area contributed by atoms with Crippen molar-refractivity contribution in [3.8, 4) is 5.75 Å². The number of hydrogen-bond acceptors (Lipinski definition) is 5. The number of allylic oxidation sites excluding steroid dienone is 2. The van der Waals surface area contributed by atoms with Crippen molar-refractivity contribution in [3.63, 3.8) is 0 Å². The maximum Gasteiger partial charge on any atom is 0.487 e. The molecular formula is C29H34BNO5. The van der Waals surface area contributed by atoms with E-state index in [4.69, 9.17) is 4.65 Å². The average Bonchev–Trinajstić information content (AvgIpc) is 3.14. The molecule has 2 saturated heterocycles. The standard InChI is InChI=1S/C29H34BNO5/c1-2-8-17-15-23-26(29(34)31(28(23)33)18-9-4-3-5-10-18)22-16-25(36-30(35)27(17)22)21-13-14-24(32)20-12-7-6-11-19(20)21/h6-7,11-14,18,22-23,25-26,32,35H,2-5,8-10,15-16H2,1H3/t22-,23-,25-,26+/m0/s1. The van der Waals surface area contributed by atoms with Crippen molar-refractivity contribution in [2.24, 2.45) is 17.8 Å². The molecule has 6 nitrogen and oxygen atoms in total. The Morgan fingerprint density at radius 2 is 1.75 bits per heavy atom. The number of aromatic hydroxyl groups is 1. The van der Waals surface area contributed by atoms with Crippen molar-refractivity contribution in [1.29, 1.82) is 0 Å². The van der Waals surface area contributed by atoms with E-state index in [0.717, 1.165) is 65.9 Å². The van der Waals surface area contributed by atoms with Gasteiger partial charge in [-0.15, -0.1) is 0 Å². The van der Waals surface area contributed by atoms with E-state index in [1.807, 2.05) is 30.3 Å². The Hall–Kier alpha value is -2.64. The van der Waals surface area contributed by atoms with Gasteiger partial charge in [-0.1, -0.05) is 68.5 Å². The number of hydrogen-bond donors (Lipinski definition) is 2. The molecule has 0 bridgehead atoms. The smallest absolute Gasteiger partial charge is 0.487 e. The van der Waals surface area contributed by atoms with E-state index in [2.05, 4.69) is 6.92 Å². The van der Waals surface area contributed by atoms with Crippen LogP contribution in [0.4, 0.5) is 0 Å². The minimum absolute atomic E-state index is 0.00262. The summed E-state index contributed by atoms with van der Waals surface area (Å²) < 4.78 is 6.23. The van der Waals surface area contributed by atoms with Gasteiger partial charge in [-0.2, -0.15) is 0 Å². The van der Waals surface area contributed by atoms with Crippen LogP contribution in [0, 0.1) is 17.8 Å². The summed E-state index contributed by atoms with van der Waals surface area (Å²) in [4.78, 5) is 29.2. The molecule has 1 saturated carbocycles. The Kier molecular flexibility index (Phi) is 6.16. The highest BCUT2D eigenvalue weighted by atomic mass is 16.5. The fraction of sp³-hybridized carbons (Fsp3) is 0.517. The molecule has 7 heteroatoms. The lowest BCUT2D eigenvalue weighted by molar-refractivity contribution is -0.143. The third-order valence-electron chi connectivity index (χ3n) is 9.02. The molecule has 0 aromatic heterocycles. The van der Waals surface area contributed by atoms with Gasteiger partial charge in [0.15, 0.2) is 0 Å². The Morgan fingerprint density at radius 1 is 1.00 bits per heavy atom. The zero-order valence-corrected chi connectivity index (χ0v) is 20.9. The maximum absolute atomic E-state index is 13.9. The van der Waals surface area contributed by atoms with Crippen LogP contribution in [0.5, 0.6) is 5.75 Å². The summed E-state index contributed by atoms with van der Waals surface area (Å²) in [6.45, 7) is 2.10. The first-order valence-electron chi connectivity index (χ1n) is 13.6. The van der Waals surface area contributed by atoms with Crippen LogP contribution in [0.2, 0.25) is 0 Å². The molecule has 2 aliphatic heterocycles. The van der Waals surface area contributed by atoms with Gasteiger partial charge in [-0.05, 0) is 60.5 Å². The molecule has 2 amide bonds. The molecule has 36 heavy (non-hydrogen) atoms. The topological polar surface area (TPSA) is 87.1 Å². The van der Waals surface area contributed by atoms with E-state index in [1.165, 1.54) is 6.42 Å². The third-order valence-corrected chi connectivity index (χ3v) is 9.02. The second-order valence-corrected chi connectivity index (χ2v) is 11.0. The van der Waals surface area contributed by atoms with Gasteiger partial charge in [0.05, 0.1) is 17.9 Å². The van der Waals surface area contributed by atoms with Crippen molar-refractivity contribution in [3.05, 3.63) is 53.0 Å². The number of phenols is 1. The predicted molar refractivity (Wildman–Crippen MR) is 138 cm³/mol.